The van der Waals surface area contributed by atoms with E-state index in [0.717, 1.165) is 39.7 Å². The lowest BCUT2D eigenvalue weighted by Crippen LogP contribution is -2.29. The number of fused-ring (bicyclic) bond motifs is 3. The number of carbonyl (C=O) groups is 2. The van der Waals surface area contributed by atoms with E-state index in [9.17, 15) is 9.59 Å². The van der Waals surface area contributed by atoms with E-state index in [1.165, 1.54) is 0 Å². The van der Waals surface area contributed by atoms with Crippen LogP contribution >= 0.6 is 0 Å². The fraction of sp³-hybridized carbons (Fsp3) is 0.333. The molecule has 0 fully saturated rings. The number of rotatable bonds is 7. The topological polar surface area (TPSA) is 130 Å². The van der Waals surface area contributed by atoms with Crippen molar-refractivity contribution >= 4 is 28.3 Å². The first-order chi connectivity index (χ1) is 21.7. The molecule has 0 unspecified atom stereocenters. The second kappa shape index (κ2) is 13.4. The molecule has 6 aromatic rings. The van der Waals surface area contributed by atoms with E-state index in [0.29, 0.717) is 6.42 Å². The average Bonchev–Trinajstić information content (AvgIpc) is 3.81. The van der Waals surface area contributed by atoms with E-state index in [4.69, 9.17) is 10.4 Å². The summed E-state index contributed by atoms with van der Waals surface area (Å²) in [5.41, 5.74) is 4.01. The van der Waals surface area contributed by atoms with Crippen molar-refractivity contribution in [2.24, 2.45) is 0 Å². The molecule has 0 saturated heterocycles. The second-order valence-corrected chi connectivity index (χ2v) is 12.8. The van der Waals surface area contributed by atoms with Gasteiger partial charge >= 0.3 is 5.97 Å². The van der Waals surface area contributed by atoms with Crippen molar-refractivity contribution in [3.05, 3.63) is 108 Å². The Balaban J connectivity index is 0.000000157. The highest BCUT2D eigenvalue weighted by Crippen LogP contribution is 2.27. The number of pyridine rings is 3. The third-order valence-corrected chi connectivity index (χ3v) is 8.34. The van der Waals surface area contributed by atoms with E-state index in [1.807, 2.05) is 106 Å². The normalized spacial score (nSPS) is 11.8. The number of nitriles is 1. The van der Waals surface area contributed by atoms with Crippen LogP contribution in [0.4, 0.5) is 0 Å². The second-order valence-electron chi connectivity index (χ2n) is 12.8. The minimum Gasteiger partial charge on any atom is -0.481 e. The molecular weight excluding hydrogens is 578 g/mol. The van der Waals surface area contributed by atoms with Crippen molar-refractivity contribution in [1.82, 2.24) is 28.8 Å². The summed E-state index contributed by atoms with van der Waals surface area (Å²) in [7, 11) is 0. The first-order valence-corrected chi connectivity index (χ1v) is 15.2. The van der Waals surface area contributed by atoms with Crippen molar-refractivity contribution < 1.29 is 14.7 Å². The lowest BCUT2D eigenvalue weighted by molar-refractivity contribution is -0.142. The van der Waals surface area contributed by atoms with Crippen LogP contribution in [0.25, 0.3) is 16.6 Å². The lowest BCUT2D eigenvalue weighted by Gasteiger charge is -2.23. The summed E-state index contributed by atoms with van der Waals surface area (Å²) in [5, 5.41) is 30.5. The molecule has 1 N–H and O–H groups in total. The Bertz CT molecular complexity index is 2020. The van der Waals surface area contributed by atoms with Gasteiger partial charge in [0, 0.05) is 49.0 Å². The molecular formula is C36H41N7O3. The fourth-order valence-corrected chi connectivity index (χ4v) is 4.74. The number of hydrogen-bond acceptors (Lipinski definition) is 6. The lowest BCUT2D eigenvalue weighted by atomic mass is 9.80. The Hall–Kier alpha value is -5.30. The number of carboxylic acids is 1. The Morgan fingerprint density at radius 3 is 1.46 bits per heavy atom. The van der Waals surface area contributed by atoms with Crippen LogP contribution in [0.3, 0.4) is 0 Å². The van der Waals surface area contributed by atoms with Gasteiger partial charge in [0.1, 0.15) is 5.78 Å². The number of aliphatic carboxylic acids is 1. The molecule has 6 aromatic heterocycles. The summed E-state index contributed by atoms with van der Waals surface area (Å²) in [6.07, 6.45) is 12.3. The summed E-state index contributed by atoms with van der Waals surface area (Å²) in [4.78, 5) is 23.2. The minimum atomic E-state index is -0.889. The van der Waals surface area contributed by atoms with Gasteiger partial charge < -0.3 is 5.11 Å². The van der Waals surface area contributed by atoms with Crippen LogP contribution < -0.4 is 0 Å². The zero-order valence-corrected chi connectivity index (χ0v) is 27.5. The molecule has 0 amide bonds. The van der Waals surface area contributed by atoms with E-state index in [2.05, 4.69) is 21.4 Å². The molecule has 10 nitrogen and oxygen atoms in total. The van der Waals surface area contributed by atoms with Crippen LogP contribution in [0.2, 0.25) is 0 Å². The Morgan fingerprint density at radius 1 is 0.674 bits per heavy atom. The summed E-state index contributed by atoms with van der Waals surface area (Å²) >= 11 is 0. The molecule has 0 atom stereocenters. The van der Waals surface area contributed by atoms with Crippen LogP contribution in [-0.4, -0.2) is 45.7 Å². The van der Waals surface area contributed by atoms with Crippen molar-refractivity contribution in [2.45, 2.75) is 77.6 Å². The van der Waals surface area contributed by atoms with Crippen LogP contribution in [-0.2, 0) is 25.8 Å². The molecule has 0 saturated carbocycles. The maximum atomic E-state index is 12.1. The zero-order chi connectivity index (χ0) is 33.7. The molecule has 238 valence electrons. The smallest absolute Gasteiger partial charge is 0.313 e. The Labute approximate surface area is 268 Å². The maximum Gasteiger partial charge on any atom is 0.313 e. The SMILES string of the molecule is CC(C)(C#N)c1ccc2ccnn2c1.CC(C)(C(=O)O)c1ccc2ccnn2c1.CCCC(=O)C(C)(C)c1ccc2ccnn2c1. The van der Waals surface area contributed by atoms with Gasteiger partial charge in [-0.15, -0.1) is 0 Å². The van der Waals surface area contributed by atoms with Gasteiger partial charge in [0.05, 0.1) is 33.4 Å². The van der Waals surface area contributed by atoms with Gasteiger partial charge in [-0.1, -0.05) is 25.1 Å². The van der Waals surface area contributed by atoms with Crippen LogP contribution in [0.15, 0.2) is 91.8 Å². The number of aromatic nitrogens is 6. The summed E-state index contributed by atoms with van der Waals surface area (Å²) in [6.45, 7) is 13.2. The first kappa shape index (κ1) is 33.6. The summed E-state index contributed by atoms with van der Waals surface area (Å²) in [5.74, 6) is -0.555. The molecule has 0 aromatic carbocycles. The largest absolute Gasteiger partial charge is 0.481 e. The molecule has 0 aliphatic rings. The third kappa shape index (κ3) is 7.15. The van der Waals surface area contributed by atoms with Crippen molar-refractivity contribution in [3.63, 3.8) is 0 Å². The number of carboxylic acid groups (broad SMARTS) is 1. The predicted octanol–water partition coefficient (Wildman–Crippen LogP) is 6.81. The average molecular weight is 620 g/mol. The molecule has 0 spiro atoms. The first-order valence-electron chi connectivity index (χ1n) is 15.2. The van der Waals surface area contributed by atoms with Gasteiger partial charge in [-0.2, -0.15) is 20.6 Å². The van der Waals surface area contributed by atoms with Crippen LogP contribution in [0, 0.1) is 11.3 Å². The molecule has 6 heterocycles. The Kier molecular flexibility index (Phi) is 9.76. The third-order valence-electron chi connectivity index (χ3n) is 8.34. The van der Waals surface area contributed by atoms with Crippen LogP contribution in [0.1, 0.15) is 78.0 Å². The van der Waals surface area contributed by atoms with Gasteiger partial charge in [0.2, 0.25) is 0 Å². The Morgan fingerprint density at radius 2 is 1.07 bits per heavy atom. The minimum absolute atomic E-state index is 0.284. The zero-order valence-electron chi connectivity index (χ0n) is 27.5. The van der Waals surface area contributed by atoms with Gasteiger partial charge in [0.25, 0.3) is 0 Å². The van der Waals surface area contributed by atoms with Gasteiger partial charge in [0.15, 0.2) is 0 Å². The summed E-state index contributed by atoms with van der Waals surface area (Å²) in [6, 6.07) is 19.7. The van der Waals surface area contributed by atoms with Crippen LogP contribution in [0.5, 0.6) is 0 Å². The summed E-state index contributed by atoms with van der Waals surface area (Å²) < 4.78 is 5.28. The predicted molar refractivity (Wildman–Crippen MR) is 178 cm³/mol. The standard InChI is InChI=1S/C14H18N2O.C11H11N3.C11H12N2O2/c1-4-5-13(17)14(2,3)11-6-7-12-8-9-15-16(12)10-11;1-11(2,8-12)9-3-4-10-5-6-13-14(10)7-9;1-11(2,10(14)15)8-3-4-9-5-6-12-13(9)7-8/h6-10H,4-5H2,1-3H3;3-7H,1-2H3;3-7H,1-2H3,(H,14,15). The van der Waals surface area contributed by atoms with Crippen molar-refractivity contribution in [1.29, 1.82) is 5.26 Å². The highest BCUT2D eigenvalue weighted by Gasteiger charge is 2.30. The number of hydrogen-bond donors (Lipinski definition) is 1. The monoisotopic (exact) mass is 619 g/mol. The quantitative estimate of drug-likeness (QED) is 0.208. The van der Waals surface area contributed by atoms with E-state index < -0.39 is 22.2 Å². The van der Waals surface area contributed by atoms with Gasteiger partial charge in [-0.05, 0) is 101 Å². The fourth-order valence-electron chi connectivity index (χ4n) is 4.74. The van der Waals surface area contributed by atoms with Crippen molar-refractivity contribution in [3.8, 4) is 6.07 Å². The van der Waals surface area contributed by atoms with E-state index in [1.54, 1.807) is 47.7 Å². The molecule has 0 bridgehead atoms. The van der Waals surface area contributed by atoms with E-state index in [-0.39, 0.29) is 5.78 Å². The highest BCUT2D eigenvalue weighted by atomic mass is 16.4. The molecule has 46 heavy (non-hydrogen) atoms. The van der Waals surface area contributed by atoms with Gasteiger partial charge in [-0.3, -0.25) is 9.59 Å². The highest BCUT2D eigenvalue weighted by molar-refractivity contribution is 5.89. The van der Waals surface area contributed by atoms with E-state index >= 15 is 0 Å². The number of Topliss-reactive ketones (excluding diaryl/α,β-unsaturated/α-hetero) is 1. The molecule has 0 aliphatic carbocycles. The number of nitrogens with zero attached hydrogens (tertiary/aromatic N) is 7. The molecule has 0 aliphatic heterocycles. The molecule has 10 heteroatoms. The number of carbonyl (C=O) groups excluding carboxylic acids is 1. The molecule has 0 radical (unpaired) electrons. The molecule has 6 rings (SSSR count). The maximum absolute atomic E-state index is 12.1. The van der Waals surface area contributed by atoms with Crippen molar-refractivity contribution in [2.75, 3.05) is 0 Å². The van der Waals surface area contributed by atoms with Gasteiger partial charge in [-0.25, -0.2) is 13.5 Å². The number of ketones is 1.